The number of aliphatic hydroxyl groups is 1. The van der Waals surface area contributed by atoms with E-state index in [0.29, 0.717) is 29.1 Å². The number of hydrogen-bond acceptors (Lipinski definition) is 7. The van der Waals surface area contributed by atoms with E-state index in [0.717, 1.165) is 0 Å². The maximum Gasteiger partial charge on any atom is 0.238 e. The molecule has 14 heteroatoms. The van der Waals surface area contributed by atoms with E-state index in [9.17, 15) is 23.5 Å². The van der Waals surface area contributed by atoms with Crippen LogP contribution in [0.2, 0.25) is 10.2 Å². The number of carbonyl (C=O) groups excluding carboxylic acids is 2. The Morgan fingerprint density at radius 1 is 1.23 bits per heavy atom. The van der Waals surface area contributed by atoms with Gasteiger partial charge in [0.2, 0.25) is 11.8 Å². The van der Waals surface area contributed by atoms with E-state index < -0.39 is 82.8 Å². The number of aliphatic hydroxyl groups excluding tert-OH is 1. The SMILES string of the molecule is CN(C)C(O)[C@@H]1CC[C@@H](NC(=O)[C@@H]2NC3(CC(CF)(CF)C3)[C@@]3(C(=O)Nc4cc(Cl)ccc43)[C@H]2c2ccnc(Cl)c2F)CO1. The molecule has 2 aromatic rings. The van der Waals surface area contributed by atoms with Gasteiger partial charge in [-0.1, -0.05) is 29.3 Å². The van der Waals surface area contributed by atoms with Crippen LogP contribution in [0.4, 0.5) is 18.9 Å². The number of nitrogens with zero attached hydrogens (tertiary/aromatic N) is 2. The van der Waals surface area contributed by atoms with Crippen molar-refractivity contribution in [3.05, 3.63) is 57.6 Å². The molecule has 2 amide bonds. The highest BCUT2D eigenvalue weighted by atomic mass is 35.5. The zero-order valence-electron chi connectivity index (χ0n) is 24.2. The number of rotatable bonds is 7. The predicted molar refractivity (Wildman–Crippen MR) is 158 cm³/mol. The fraction of sp³-hybridized carbons (Fsp3) is 0.567. The van der Waals surface area contributed by atoms with Crippen LogP contribution >= 0.6 is 23.2 Å². The van der Waals surface area contributed by atoms with Crippen LogP contribution in [0.15, 0.2) is 30.5 Å². The van der Waals surface area contributed by atoms with Crippen molar-refractivity contribution in [2.24, 2.45) is 5.41 Å². The van der Waals surface area contributed by atoms with Gasteiger partial charge < -0.3 is 20.5 Å². The quantitative estimate of drug-likeness (QED) is 0.267. The van der Waals surface area contributed by atoms with E-state index in [1.165, 1.54) is 12.3 Å². The summed E-state index contributed by atoms with van der Waals surface area (Å²) >= 11 is 12.4. The molecule has 4 aliphatic rings. The van der Waals surface area contributed by atoms with E-state index in [4.69, 9.17) is 27.9 Å². The highest BCUT2D eigenvalue weighted by Gasteiger charge is 2.78. The average molecular weight is 657 g/mol. The van der Waals surface area contributed by atoms with Gasteiger partial charge in [-0.25, -0.2) is 9.37 Å². The van der Waals surface area contributed by atoms with E-state index in [1.54, 1.807) is 37.2 Å². The number of halogens is 5. The molecule has 3 fully saturated rings. The fourth-order valence-corrected chi connectivity index (χ4v) is 8.35. The topological polar surface area (TPSA) is 116 Å². The minimum Gasteiger partial charge on any atom is -0.376 e. The molecule has 1 aromatic heterocycles. The first-order valence-corrected chi connectivity index (χ1v) is 15.2. The van der Waals surface area contributed by atoms with Crippen LogP contribution in [0.3, 0.4) is 0 Å². The number of likely N-dealkylation sites (N-methyl/N-ethyl adjacent to an activating group) is 1. The smallest absolute Gasteiger partial charge is 0.238 e. The van der Waals surface area contributed by atoms with E-state index in [2.05, 4.69) is 20.9 Å². The van der Waals surface area contributed by atoms with Crippen LogP contribution in [0.25, 0.3) is 0 Å². The Bertz CT molecular complexity index is 1460. The Labute approximate surface area is 262 Å². The van der Waals surface area contributed by atoms with Crippen molar-refractivity contribution >= 4 is 40.7 Å². The zero-order chi connectivity index (χ0) is 31.6. The van der Waals surface area contributed by atoms with Gasteiger partial charge in [-0.15, -0.1) is 0 Å². The van der Waals surface area contributed by atoms with Crippen molar-refractivity contribution in [2.75, 3.05) is 39.4 Å². The molecule has 3 aliphatic heterocycles. The third-order valence-electron chi connectivity index (χ3n) is 9.93. The summed E-state index contributed by atoms with van der Waals surface area (Å²) in [5.74, 6) is -3.15. The number of pyridine rings is 1. The summed E-state index contributed by atoms with van der Waals surface area (Å²) in [6.45, 7) is -1.80. The normalized spacial score (nSPS) is 30.7. The summed E-state index contributed by atoms with van der Waals surface area (Å²) in [5, 5.41) is 19.4. The lowest BCUT2D eigenvalue weighted by Crippen LogP contribution is -2.70. The van der Waals surface area contributed by atoms with Gasteiger partial charge in [-0.05, 0) is 69.1 Å². The molecule has 2 saturated heterocycles. The second kappa shape index (κ2) is 11.4. The number of ether oxygens (including phenoxy) is 1. The van der Waals surface area contributed by atoms with Crippen molar-refractivity contribution < 1.29 is 32.6 Å². The Morgan fingerprint density at radius 3 is 2.59 bits per heavy atom. The number of benzene rings is 1. The van der Waals surface area contributed by atoms with Crippen LogP contribution in [-0.4, -0.2) is 90.8 Å². The molecule has 1 unspecified atom stereocenters. The standard InChI is InChI=1S/C30H34Cl2F3N5O4/c1-40(2)26(42)20-6-4-16(10-44-20)37-25(41)23-21(17-7-8-36-24(32)22(17)35)30(29(39-23)11-28(12-29,13-33)14-34)18-5-3-15(31)9-19(18)38-27(30)43/h3,5,7-9,16,20-21,23,26,39,42H,4,6,10-14H2,1-2H3,(H,37,41)(H,38,43)/t16-,20+,21+,23-,26?,30-/m1/s1. The number of amides is 2. The number of alkyl halides is 2. The lowest BCUT2D eigenvalue weighted by molar-refractivity contribution is -0.133. The third kappa shape index (κ3) is 4.63. The molecule has 0 radical (unpaired) electrons. The molecule has 4 heterocycles. The Morgan fingerprint density at radius 2 is 1.95 bits per heavy atom. The number of aromatic nitrogens is 1. The molecule has 0 bridgehead atoms. The average Bonchev–Trinajstić information content (AvgIpc) is 3.45. The Hall–Kier alpha value is -2.48. The van der Waals surface area contributed by atoms with Crippen molar-refractivity contribution in [1.82, 2.24) is 20.5 Å². The van der Waals surface area contributed by atoms with Gasteiger partial charge in [0.1, 0.15) is 11.6 Å². The third-order valence-corrected chi connectivity index (χ3v) is 10.4. The van der Waals surface area contributed by atoms with Gasteiger partial charge in [-0.2, -0.15) is 0 Å². The second-order valence-corrected chi connectivity index (χ2v) is 13.6. The summed E-state index contributed by atoms with van der Waals surface area (Å²) in [5.41, 5.74) is -3.54. The summed E-state index contributed by atoms with van der Waals surface area (Å²) < 4.78 is 50.4. The molecule has 1 aliphatic carbocycles. The number of hydrogen-bond donors (Lipinski definition) is 4. The van der Waals surface area contributed by atoms with Gasteiger partial charge in [-0.3, -0.25) is 28.6 Å². The van der Waals surface area contributed by atoms with Crippen LogP contribution in [0.1, 0.15) is 42.7 Å². The van der Waals surface area contributed by atoms with E-state index in [1.807, 2.05) is 0 Å². The largest absolute Gasteiger partial charge is 0.376 e. The highest BCUT2D eigenvalue weighted by Crippen LogP contribution is 2.68. The molecule has 2 spiro atoms. The van der Waals surface area contributed by atoms with Crippen LogP contribution in [0, 0.1) is 11.2 Å². The van der Waals surface area contributed by atoms with Gasteiger partial charge in [0.25, 0.3) is 0 Å². The molecule has 1 saturated carbocycles. The summed E-state index contributed by atoms with van der Waals surface area (Å²) in [6.07, 6.45) is 0.791. The molecule has 6 atom stereocenters. The number of anilines is 1. The monoisotopic (exact) mass is 655 g/mol. The minimum atomic E-state index is -1.65. The van der Waals surface area contributed by atoms with Crippen molar-refractivity contribution in [3.63, 3.8) is 0 Å². The molecular weight excluding hydrogens is 622 g/mol. The van der Waals surface area contributed by atoms with E-state index >= 15 is 4.39 Å². The first-order chi connectivity index (χ1) is 20.9. The van der Waals surface area contributed by atoms with Gasteiger partial charge in [0.05, 0.1) is 38.1 Å². The predicted octanol–water partition coefficient (Wildman–Crippen LogP) is 3.47. The van der Waals surface area contributed by atoms with Crippen molar-refractivity contribution in [1.29, 1.82) is 0 Å². The van der Waals surface area contributed by atoms with Crippen molar-refractivity contribution in [3.8, 4) is 0 Å². The molecular formula is C30H34Cl2F3N5O4. The fourth-order valence-electron chi connectivity index (χ4n) is 8.01. The molecule has 4 N–H and O–H groups in total. The number of nitrogens with one attached hydrogen (secondary N) is 3. The maximum absolute atomic E-state index is 15.9. The first-order valence-electron chi connectivity index (χ1n) is 14.5. The van der Waals surface area contributed by atoms with Gasteiger partial charge in [0.15, 0.2) is 11.0 Å². The summed E-state index contributed by atoms with van der Waals surface area (Å²) in [4.78, 5) is 34.0. The zero-order valence-corrected chi connectivity index (χ0v) is 25.7. The highest BCUT2D eigenvalue weighted by molar-refractivity contribution is 6.31. The Kier molecular flexibility index (Phi) is 8.16. The lowest BCUT2D eigenvalue weighted by Gasteiger charge is -2.59. The lowest BCUT2D eigenvalue weighted by atomic mass is 9.46. The molecule has 238 valence electrons. The molecule has 44 heavy (non-hydrogen) atoms. The van der Waals surface area contributed by atoms with Gasteiger partial charge in [0, 0.05) is 33.8 Å². The number of fused-ring (bicyclic) bond motifs is 3. The van der Waals surface area contributed by atoms with E-state index in [-0.39, 0.29) is 25.0 Å². The minimum absolute atomic E-state index is 0.0282. The van der Waals surface area contributed by atoms with Gasteiger partial charge >= 0.3 is 0 Å². The Balaban J connectivity index is 1.43. The molecule has 9 nitrogen and oxygen atoms in total. The summed E-state index contributed by atoms with van der Waals surface area (Å²) in [6, 6.07) is 4.52. The second-order valence-electron chi connectivity index (χ2n) is 12.8. The van der Waals surface area contributed by atoms with Crippen molar-refractivity contribution in [2.45, 2.75) is 67.0 Å². The van der Waals surface area contributed by atoms with Crippen LogP contribution in [0.5, 0.6) is 0 Å². The van der Waals surface area contributed by atoms with Crippen LogP contribution in [-0.2, 0) is 19.7 Å². The molecule has 6 rings (SSSR count). The summed E-state index contributed by atoms with van der Waals surface area (Å²) in [7, 11) is 3.46. The first kappa shape index (κ1) is 31.5. The maximum atomic E-state index is 15.9. The molecule has 1 aromatic carbocycles. The number of carbonyl (C=O) groups is 2. The van der Waals surface area contributed by atoms with Crippen LogP contribution < -0.4 is 16.0 Å².